The van der Waals surface area contributed by atoms with Gasteiger partial charge in [0.05, 0.1) is 6.10 Å². The summed E-state index contributed by atoms with van der Waals surface area (Å²) in [6.45, 7) is -0.393. The fraction of sp³-hybridized carbons (Fsp3) is 0.875. The lowest BCUT2D eigenvalue weighted by molar-refractivity contribution is -0.147. The number of hydrogen-bond acceptors (Lipinski definition) is 2. The number of carboxylic acids is 1. The Morgan fingerprint density at radius 2 is 2.00 bits per heavy atom. The molecule has 0 aromatic heterocycles. The fourth-order valence-corrected chi connectivity index (χ4v) is 1.37. The van der Waals surface area contributed by atoms with E-state index in [0.29, 0.717) is 0 Å². The Balaban J connectivity index is 2.21. The van der Waals surface area contributed by atoms with Gasteiger partial charge in [0.15, 0.2) is 0 Å². The second-order valence-corrected chi connectivity index (χ2v) is 3.26. The molecule has 1 saturated carbocycles. The number of hydrogen-bond donors (Lipinski definition) is 1. The third-order valence-corrected chi connectivity index (χ3v) is 2.11. The molecular weight excluding hydrogens is 182 g/mol. The van der Waals surface area contributed by atoms with Crippen LogP contribution >= 0.6 is 0 Å². The van der Waals surface area contributed by atoms with Crippen LogP contribution in [0.2, 0.25) is 0 Å². The highest BCUT2D eigenvalue weighted by Gasteiger charge is 2.35. The maximum absolute atomic E-state index is 12.6. The zero-order valence-electron chi connectivity index (χ0n) is 7.13. The van der Waals surface area contributed by atoms with Crippen LogP contribution in [0.15, 0.2) is 0 Å². The minimum absolute atomic E-state index is 0.197. The molecule has 0 spiro atoms. The molecule has 5 heteroatoms. The van der Waals surface area contributed by atoms with Crippen molar-refractivity contribution in [3.8, 4) is 0 Å². The number of halogens is 2. The topological polar surface area (TPSA) is 46.5 Å². The highest BCUT2D eigenvalue weighted by molar-refractivity contribution is 5.68. The normalized spacial score (nSPS) is 22.9. The molecule has 0 saturated heterocycles. The second-order valence-electron chi connectivity index (χ2n) is 3.26. The first kappa shape index (κ1) is 10.4. The predicted octanol–water partition coefficient (Wildman–Crippen LogP) is 1.67. The maximum atomic E-state index is 12.6. The van der Waals surface area contributed by atoms with Crippen molar-refractivity contribution >= 4 is 5.97 Å². The van der Waals surface area contributed by atoms with Crippen molar-refractivity contribution in [3.05, 3.63) is 0 Å². The number of ether oxygens (including phenoxy) is 1. The van der Waals surface area contributed by atoms with Crippen LogP contribution in [0, 0.1) is 0 Å². The summed E-state index contributed by atoms with van der Waals surface area (Å²) in [5.74, 6) is -3.64. The third kappa shape index (κ3) is 3.67. The van der Waals surface area contributed by atoms with E-state index in [0.717, 1.165) is 0 Å². The Morgan fingerprint density at radius 1 is 1.46 bits per heavy atom. The molecule has 76 valence electrons. The Bertz CT molecular complexity index is 184. The Kier molecular flexibility index (Phi) is 3.19. The van der Waals surface area contributed by atoms with E-state index in [9.17, 15) is 13.6 Å². The van der Waals surface area contributed by atoms with E-state index >= 15 is 0 Å². The van der Waals surface area contributed by atoms with Gasteiger partial charge in [0.1, 0.15) is 6.61 Å². The van der Waals surface area contributed by atoms with Gasteiger partial charge in [-0.05, 0) is 12.8 Å². The molecule has 0 atom stereocenters. The summed E-state index contributed by atoms with van der Waals surface area (Å²) in [7, 11) is 0. The highest BCUT2D eigenvalue weighted by Crippen LogP contribution is 2.34. The lowest BCUT2D eigenvalue weighted by Gasteiger charge is -2.27. The molecule has 1 aliphatic carbocycles. The van der Waals surface area contributed by atoms with E-state index in [1.807, 2.05) is 0 Å². The van der Waals surface area contributed by atoms with Gasteiger partial charge in [-0.25, -0.2) is 13.6 Å². The molecule has 0 aliphatic heterocycles. The molecule has 1 rings (SSSR count). The van der Waals surface area contributed by atoms with Crippen molar-refractivity contribution in [1.82, 2.24) is 0 Å². The number of alkyl halides is 2. The first-order valence-electron chi connectivity index (χ1n) is 4.21. The average Bonchev–Trinajstić information content (AvgIpc) is 2.02. The standard InChI is InChI=1S/C8H12F2O3/c9-8(10)3-1-6(2-4-8)13-5-7(11)12/h6H,1-5H2,(H,11,12). The van der Waals surface area contributed by atoms with Crippen molar-refractivity contribution in [1.29, 1.82) is 0 Å². The smallest absolute Gasteiger partial charge is 0.329 e. The molecule has 0 unspecified atom stereocenters. The summed E-state index contributed by atoms with van der Waals surface area (Å²) in [6, 6.07) is 0. The first-order valence-corrected chi connectivity index (χ1v) is 4.21. The van der Waals surface area contributed by atoms with E-state index in [1.54, 1.807) is 0 Å². The average molecular weight is 194 g/mol. The van der Waals surface area contributed by atoms with E-state index in [1.165, 1.54) is 0 Å². The van der Waals surface area contributed by atoms with Crippen molar-refractivity contribution in [3.63, 3.8) is 0 Å². The SMILES string of the molecule is O=C(O)COC1CCC(F)(F)CC1. The van der Waals surface area contributed by atoms with Crippen molar-refractivity contribution in [2.24, 2.45) is 0 Å². The van der Waals surface area contributed by atoms with Crippen molar-refractivity contribution in [2.75, 3.05) is 6.61 Å². The Morgan fingerprint density at radius 3 is 2.46 bits per heavy atom. The van der Waals surface area contributed by atoms with Crippen molar-refractivity contribution in [2.45, 2.75) is 37.7 Å². The molecule has 0 bridgehead atoms. The highest BCUT2D eigenvalue weighted by atomic mass is 19.3. The zero-order valence-corrected chi connectivity index (χ0v) is 7.13. The fourth-order valence-electron chi connectivity index (χ4n) is 1.37. The van der Waals surface area contributed by atoms with Gasteiger partial charge in [-0.2, -0.15) is 0 Å². The van der Waals surface area contributed by atoms with E-state index in [-0.39, 0.29) is 31.8 Å². The summed E-state index contributed by atoms with van der Waals surface area (Å²) < 4.78 is 30.1. The lowest BCUT2D eigenvalue weighted by atomic mass is 9.94. The lowest BCUT2D eigenvalue weighted by Crippen LogP contribution is -2.30. The van der Waals surface area contributed by atoms with Crippen LogP contribution in [0.25, 0.3) is 0 Å². The van der Waals surface area contributed by atoms with Crippen LogP contribution in [-0.4, -0.2) is 29.7 Å². The molecule has 1 N–H and O–H groups in total. The number of carbonyl (C=O) groups is 1. The van der Waals surface area contributed by atoms with Crippen LogP contribution in [0.1, 0.15) is 25.7 Å². The molecule has 0 heterocycles. The molecule has 0 amide bonds. The molecule has 1 aliphatic rings. The zero-order chi connectivity index (χ0) is 9.90. The Labute approximate surface area is 74.7 Å². The monoisotopic (exact) mass is 194 g/mol. The maximum Gasteiger partial charge on any atom is 0.329 e. The van der Waals surface area contributed by atoms with Gasteiger partial charge in [-0.1, -0.05) is 0 Å². The summed E-state index contributed by atoms with van der Waals surface area (Å²) in [4.78, 5) is 10.1. The summed E-state index contributed by atoms with van der Waals surface area (Å²) in [5, 5.41) is 8.27. The summed E-state index contributed by atoms with van der Waals surface area (Å²) >= 11 is 0. The van der Waals surface area contributed by atoms with Crippen molar-refractivity contribution < 1.29 is 23.4 Å². The van der Waals surface area contributed by atoms with Gasteiger partial charge in [0.2, 0.25) is 5.92 Å². The van der Waals surface area contributed by atoms with Gasteiger partial charge >= 0.3 is 5.97 Å². The van der Waals surface area contributed by atoms with Crippen LogP contribution in [0.3, 0.4) is 0 Å². The van der Waals surface area contributed by atoms with E-state index in [4.69, 9.17) is 9.84 Å². The quantitative estimate of drug-likeness (QED) is 0.743. The molecule has 3 nitrogen and oxygen atoms in total. The second kappa shape index (κ2) is 4.00. The predicted molar refractivity (Wildman–Crippen MR) is 40.8 cm³/mol. The Hall–Kier alpha value is -0.710. The third-order valence-electron chi connectivity index (χ3n) is 2.11. The van der Waals surface area contributed by atoms with E-state index in [2.05, 4.69) is 0 Å². The van der Waals surface area contributed by atoms with Gasteiger partial charge < -0.3 is 9.84 Å². The molecule has 0 radical (unpaired) electrons. The summed E-state index contributed by atoms with van der Waals surface area (Å²) in [5.41, 5.74) is 0. The minimum atomic E-state index is -2.58. The molecule has 0 aromatic rings. The number of carboxylic acid groups (broad SMARTS) is 1. The van der Waals surface area contributed by atoms with Gasteiger partial charge in [-0.15, -0.1) is 0 Å². The number of aliphatic carboxylic acids is 1. The number of rotatable bonds is 3. The molecule has 13 heavy (non-hydrogen) atoms. The van der Waals surface area contributed by atoms with Gasteiger partial charge in [-0.3, -0.25) is 0 Å². The van der Waals surface area contributed by atoms with Gasteiger partial charge in [0, 0.05) is 12.8 Å². The van der Waals surface area contributed by atoms with Crippen LogP contribution < -0.4 is 0 Å². The van der Waals surface area contributed by atoms with Crippen LogP contribution in [0.5, 0.6) is 0 Å². The molecular formula is C8H12F2O3. The van der Waals surface area contributed by atoms with Gasteiger partial charge in [0.25, 0.3) is 0 Å². The largest absolute Gasteiger partial charge is 0.480 e. The van der Waals surface area contributed by atoms with Crippen LogP contribution in [-0.2, 0) is 9.53 Å². The molecule has 0 aromatic carbocycles. The van der Waals surface area contributed by atoms with Crippen LogP contribution in [0.4, 0.5) is 8.78 Å². The molecule has 1 fully saturated rings. The summed E-state index contributed by atoms with van der Waals surface area (Å²) in [6.07, 6.45) is -0.203. The van der Waals surface area contributed by atoms with E-state index < -0.39 is 18.5 Å². The minimum Gasteiger partial charge on any atom is -0.480 e. The first-order chi connectivity index (χ1) is 5.99.